The third-order valence-corrected chi connectivity index (χ3v) is 2.45. The van der Waals surface area contributed by atoms with Gasteiger partial charge >= 0.3 is 0 Å². The Balaban J connectivity index is 2.48. The van der Waals surface area contributed by atoms with Gasteiger partial charge in [-0.2, -0.15) is 0 Å². The lowest BCUT2D eigenvalue weighted by Gasteiger charge is -2.17. The van der Waals surface area contributed by atoms with Crippen LogP contribution in [0.1, 0.15) is 38.3 Å². The second-order valence-corrected chi connectivity index (χ2v) is 5.67. The number of amides is 1. The maximum atomic E-state index is 11.7. The van der Waals surface area contributed by atoms with E-state index in [0.29, 0.717) is 13.0 Å². The third-order valence-electron chi connectivity index (χ3n) is 2.45. The first-order chi connectivity index (χ1) is 8.90. The molecule has 0 aliphatic heterocycles. The Hall–Kier alpha value is -1.79. The SMILES string of the molecule is CC(C)(C)CC(=O)NCc1ccc(C#CCO)cc1. The lowest BCUT2D eigenvalue weighted by Crippen LogP contribution is -2.27. The van der Waals surface area contributed by atoms with Crippen molar-refractivity contribution in [2.75, 3.05) is 6.61 Å². The molecule has 3 heteroatoms. The Morgan fingerprint density at radius 3 is 2.42 bits per heavy atom. The highest BCUT2D eigenvalue weighted by molar-refractivity contribution is 5.76. The van der Waals surface area contributed by atoms with Crippen LogP contribution in [0.25, 0.3) is 0 Å². The summed E-state index contributed by atoms with van der Waals surface area (Å²) in [5, 5.41) is 11.5. The summed E-state index contributed by atoms with van der Waals surface area (Å²) in [6, 6.07) is 7.62. The van der Waals surface area contributed by atoms with E-state index in [9.17, 15) is 4.79 Å². The summed E-state index contributed by atoms with van der Waals surface area (Å²) < 4.78 is 0. The Kier molecular flexibility index (Phi) is 5.59. The molecule has 19 heavy (non-hydrogen) atoms. The van der Waals surface area contributed by atoms with Gasteiger partial charge in [-0.1, -0.05) is 44.7 Å². The summed E-state index contributed by atoms with van der Waals surface area (Å²) in [7, 11) is 0. The molecule has 102 valence electrons. The molecular weight excluding hydrogens is 238 g/mol. The molecule has 0 aliphatic rings. The zero-order chi connectivity index (χ0) is 14.3. The first-order valence-electron chi connectivity index (χ1n) is 6.36. The van der Waals surface area contributed by atoms with Crippen LogP contribution in [0.2, 0.25) is 0 Å². The minimum Gasteiger partial charge on any atom is -0.384 e. The number of carbonyl (C=O) groups is 1. The molecule has 1 aromatic carbocycles. The smallest absolute Gasteiger partial charge is 0.220 e. The minimum absolute atomic E-state index is 0.00776. The van der Waals surface area contributed by atoms with Crippen molar-refractivity contribution in [2.24, 2.45) is 5.41 Å². The van der Waals surface area contributed by atoms with E-state index in [1.165, 1.54) is 0 Å². The molecule has 0 unspecified atom stereocenters. The van der Waals surface area contributed by atoms with Gasteiger partial charge in [-0.05, 0) is 23.1 Å². The number of rotatable bonds is 3. The Bertz CT molecular complexity index is 472. The van der Waals surface area contributed by atoms with E-state index in [1.54, 1.807) is 0 Å². The predicted octanol–water partition coefficient (Wildman–Crippen LogP) is 2.08. The van der Waals surface area contributed by atoms with Crippen LogP contribution < -0.4 is 5.32 Å². The van der Waals surface area contributed by atoms with Gasteiger partial charge in [0.1, 0.15) is 6.61 Å². The molecule has 0 bridgehead atoms. The molecule has 0 aliphatic carbocycles. The normalized spacial score (nSPS) is 10.5. The van der Waals surface area contributed by atoms with Gasteiger partial charge < -0.3 is 10.4 Å². The Morgan fingerprint density at radius 2 is 1.89 bits per heavy atom. The van der Waals surface area contributed by atoms with Crippen LogP contribution in [0.15, 0.2) is 24.3 Å². The summed E-state index contributed by atoms with van der Waals surface area (Å²) in [6.45, 7) is 6.52. The molecule has 0 heterocycles. The summed E-state index contributed by atoms with van der Waals surface area (Å²) in [5.74, 6) is 5.49. The summed E-state index contributed by atoms with van der Waals surface area (Å²) in [4.78, 5) is 11.7. The fourth-order valence-corrected chi connectivity index (χ4v) is 1.59. The second-order valence-electron chi connectivity index (χ2n) is 5.67. The first kappa shape index (κ1) is 15.3. The van der Waals surface area contributed by atoms with E-state index in [-0.39, 0.29) is 17.9 Å². The molecule has 0 spiro atoms. The van der Waals surface area contributed by atoms with E-state index in [2.05, 4.69) is 17.2 Å². The van der Waals surface area contributed by atoms with E-state index < -0.39 is 0 Å². The highest BCUT2D eigenvalue weighted by Gasteiger charge is 2.15. The minimum atomic E-state index is -0.134. The third kappa shape index (κ3) is 6.64. The molecule has 0 fully saturated rings. The van der Waals surface area contributed by atoms with Crippen LogP contribution in [0, 0.1) is 17.3 Å². The van der Waals surface area contributed by atoms with E-state index in [1.807, 2.05) is 45.0 Å². The van der Waals surface area contributed by atoms with Crippen molar-refractivity contribution in [2.45, 2.75) is 33.7 Å². The fraction of sp³-hybridized carbons (Fsp3) is 0.438. The van der Waals surface area contributed by atoms with E-state index in [4.69, 9.17) is 5.11 Å². The van der Waals surface area contributed by atoms with E-state index in [0.717, 1.165) is 11.1 Å². The van der Waals surface area contributed by atoms with Crippen molar-refractivity contribution in [3.8, 4) is 11.8 Å². The van der Waals surface area contributed by atoms with Crippen molar-refractivity contribution in [1.82, 2.24) is 5.32 Å². The summed E-state index contributed by atoms with van der Waals surface area (Å²) >= 11 is 0. The molecular formula is C16H21NO2. The largest absolute Gasteiger partial charge is 0.384 e. The molecule has 2 N–H and O–H groups in total. The molecule has 0 atom stereocenters. The maximum Gasteiger partial charge on any atom is 0.220 e. The molecule has 0 radical (unpaired) electrons. The van der Waals surface area contributed by atoms with Gasteiger partial charge in [0.25, 0.3) is 0 Å². The molecule has 0 saturated carbocycles. The van der Waals surface area contributed by atoms with Crippen molar-refractivity contribution in [3.05, 3.63) is 35.4 Å². The topological polar surface area (TPSA) is 49.3 Å². The second kappa shape index (κ2) is 6.96. The number of benzene rings is 1. The lowest BCUT2D eigenvalue weighted by molar-refractivity contribution is -0.122. The fourth-order valence-electron chi connectivity index (χ4n) is 1.59. The van der Waals surface area contributed by atoms with Gasteiger partial charge in [-0.15, -0.1) is 0 Å². The maximum absolute atomic E-state index is 11.7. The number of carbonyl (C=O) groups excluding carboxylic acids is 1. The van der Waals surface area contributed by atoms with Crippen molar-refractivity contribution >= 4 is 5.91 Å². The molecule has 1 rings (SSSR count). The van der Waals surface area contributed by atoms with Crippen LogP contribution in [0.3, 0.4) is 0 Å². The Labute approximate surface area is 115 Å². The number of aliphatic hydroxyl groups is 1. The van der Waals surface area contributed by atoms with Gasteiger partial charge in [0, 0.05) is 18.5 Å². The van der Waals surface area contributed by atoms with Gasteiger partial charge in [-0.3, -0.25) is 4.79 Å². The van der Waals surface area contributed by atoms with Gasteiger partial charge in [-0.25, -0.2) is 0 Å². The van der Waals surface area contributed by atoms with E-state index >= 15 is 0 Å². The predicted molar refractivity (Wildman–Crippen MR) is 76.3 cm³/mol. The van der Waals surface area contributed by atoms with Crippen molar-refractivity contribution in [1.29, 1.82) is 0 Å². The van der Waals surface area contributed by atoms with Crippen LogP contribution in [-0.4, -0.2) is 17.6 Å². The standard InChI is InChI=1S/C16H21NO2/c1-16(2,3)11-15(19)17-12-14-8-6-13(7-9-14)5-4-10-18/h6-9,18H,10-12H2,1-3H3,(H,17,19). The van der Waals surface area contributed by atoms with Crippen molar-refractivity contribution in [3.63, 3.8) is 0 Å². The Morgan fingerprint density at radius 1 is 1.26 bits per heavy atom. The zero-order valence-corrected chi connectivity index (χ0v) is 11.8. The average molecular weight is 259 g/mol. The monoisotopic (exact) mass is 259 g/mol. The van der Waals surface area contributed by atoms with Crippen molar-refractivity contribution < 1.29 is 9.90 Å². The zero-order valence-electron chi connectivity index (χ0n) is 11.8. The van der Waals surface area contributed by atoms with Crippen LogP contribution >= 0.6 is 0 Å². The molecule has 1 amide bonds. The number of hydrogen-bond donors (Lipinski definition) is 2. The molecule has 1 aromatic rings. The quantitative estimate of drug-likeness (QED) is 0.817. The average Bonchev–Trinajstić information content (AvgIpc) is 2.33. The number of nitrogens with one attached hydrogen (secondary N) is 1. The first-order valence-corrected chi connectivity index (χ1v) is 6.36. The van der Waals surface area contributed by atoms with Crippen LogP contribution in [0.4, 0.5) is 0 Å². The highest BCUT2D eigenvalue weighted by Crippen LogP contribution is 2.17. The molecule has 3 nitrogen and oxygen atoms in total. The summed E-state index contributed by atoms with van der Waals surface area (Å²) in [6.07, 6.45) is 0.521. The lowest BCUT2D eigenvalue weighted by atomic mass is 9.92. The van der Waals surface area contributed by atoms with Gasteiger partial charge in [0.15, 0.2) is 0 Å². The molecule has 0 saturated heterocycles. The number of hydrogen-bond acceptors (Lipinski definition) is 2. The molecule has 0 aromatic heterocycles. The number of aliphatic hydroxyl groups excluding tert-OH is 1. The highest BCUT2D eigenvalue weighted by atomic mass is 16.2. The van der Waals surface area contributed by atoms with Crippen LogP contribution in [0.5, 0.6) is 0 Å². The summed E-state index contributed by atoms with van der Waals surface area (Å²) in [5.41, 5.74) is 1.91. The van der Waals surface area contributed by atoms with Gasteiger partial charge in [0.2, 0.25) is 5.91 Å². The van der Waals surface area contributed by atoms with Crippen LogP contribution in [-0.2, 0) is 11.3 Å². The van der Waals surface area contributed by atoms with Gasteiger partial charge in [0.05, 0.1) is 0 Å².